The van der Waals surface area contributed by atoms with Gasteiger partial charge < -0.3 is 29.2 Å². The Morgan fingerprint density at radius 1 is 0.815 bits per heavy atom. The van der Waals surface area contributed by atoms with Crippen molar-refractivity contribution in [1.82, 2.24) is 24.7 Å². The van der Waals surface area contributed by atoms with E-state index >= 15 is 4.57 Å². The zero-order valence-corrected chi connectivity index (χ0v) is 32.2. The van der Waals surface area contributed by atoms with E-state index in [0.717, 1.165) is 22.3 Å². The summed E-state index contributed by atoms with van der Waals surface area (Å²) in [5.41, 5.74) is 10.3. The summed E-state index contributed by atoms with van der Waals surface area (Å²) in [5.74, 6) is -0.151. The molecule has 2 atom stereocenters. The van der Waals surface area contributed by atoms with Gasteiger partial charge in [-0.15, -0.1) is 0 Å². The lowest BCUT2D eigenvalue weighted by Gasteiger charge is -2.29. The second-order valence-corrected chi connectivity index (χ2v) is 15.7. The first kappa shape index (κ1) is 40.1. The van der Waals surface area contributed by atoms with E-state index in [1.54, 1.807) is 34.8 Å². The smallest absolute Gasteiger partial charge is 0.324 e. The van der Waals surface area contributed by atoms with Crippen molar-refractivity contribution < 1.29 is 33.1 Å². The Morgan fingerprint density at radius 2 is 1.39 bits per heavy atom. The zero-order chi connectivity index (χ0) is 38.7. The van der Waals surface area contributed by atoms with Crippen LogP contribution in [0, 0.1) is 0 Å². The van der Waals surface area contributed by atoms with E-state index in [4.69, 9.17) is 24.7 Å². The number of hydrogen-bond donors (Lipinski definition) is 3. The third-order valence-electron chi connectivity index (χ3n) is 8.38. The number of aromatic nitrogens is 3. The maximum Gasteiger partial charge on any atom is 0.324 e. The van der Waals surface area contributed by atoms with Crippen LogP contribution in [0.5, 0.6) is 5.75 Å². The van der Waals surface area contributed by atoms with Gasteiger partial charge in [0.05, 0.1) is 31.3 Å². The van der Waals surface area contributed by atoms with Crippen LogP contribution in [-0.4, -0.2) is 70.8 Å². The minimum Gasteiger partial charge on any atom is -0.497 e. The lowest BCUT2D eigenvalue weighted by molar-refractivity contribution is -0.150. The molecule has 0 aliphatic heterocycles. The topological polar surface area (TPSA) is 169 Å². The second-order valence-electron chi connectivity index (χ2n) is 13.4. The number of nitrogens with zero attached hydrogens (tertiary/aromatic N) is 3. The Kier molecular flexibility index (Phi) is 14.0. The van der Waals surface area contributed by atoms with E-state index in [1.165, 1.54) is 6.33 Å². The number of esters is 2. The number of nitrogens with two attached hydrogens (primary N) is 1. The van der Waals surface area contributed by atoms with Gasteiger partial charge in [0, 0.05) is 18.3 Å². The first-order valence-corrected chi connectivity index (χ1v) is 19.8. The highest BCUT2D eigenvalue weighted by Gasteiger charge is 2.36. The number of nitrogen functional groups attached to an aromatic ring is 1. The van der Waals surface area contributed by atoms with E-state index < -0.39 is 43.7 Å². The summed E-state index contributed by atoms with van der Waals surface area (Å²) in [6.45, 7) is 7.40. The SMILES string of the molecule is COc1cccc(-c2cn(CCOCP(=O)(N[C@@H](Cc3ccccc3)C(=O)OC(C)C)N[C@@H](Cc3ccccc3)C(=O)OC(C)C)c3ncnc(N)c23)c1. The summed E-state index contributed by atoms with van der Waals surface area (Å²) < 4.78 is 39.8. The Morgan fingerprint density at radius 3 is 1.93 bits per heavy atom. The summed E-state index contributed by atoms with van der Waals surface area (Å²) in [5, 5.41) is 6.80. The van der Waals surface area contributed by atoms with Crippen LogP contribution >= 0.6 is 7.44 Å². The fraction of sp³-hybridized carbons (Fsp3) is 0.350. The number of benzene rings is 3. The van der Waals surface area contributed by atoms with Crippen LogP contribution in [0.1, 0.15) is 38.8 Å². The molecule has 0 aliphatic carbocycles. The summed E-state index contributed by atoms with van der Waals surface area (Å²) in [4.78, 5) is 35.8. The Hall–Kier alpha value is -5.07. The van der Waals surface area contributed by atoms with Crippen molar-refractivity contribution in [2.75, 3.05) is 25.8 Å². The van der Waals surface area contributed by atoms with Crippen LogP contribution in [0.15, 0.2) is 97.5 Å². The molecule has 0 aliphatic rings. The molecule has 0 bridgehead atoms. The summed E-state index contributed by atoms with van der Waals surface area (Å²) in [6.07, 6.45) is 2.49. The lowest BCUT2D eigenvalue weighted by atomic mass is 10.1. The monoisotopic (exact) mass is 756 g/mol. The fourth-order valence-electron chi connectivity index (χ4n) is 5.99. The van der Waals surface area contributed by atoms with Crippen molar-refractivity contribution in [1.29, 1.82) is 0 Å². The summed E-state index contributed by atoms with van der Waals surface area (Å²) >= 11 is 0. The fourth-order valence-corrected chi connectivity index (χ4v) is 8.00. The van der Waals surface area contributed by atoms with Crippen LogP contribution in [-0.2, 0) is 47.8 Å². The van der Waals surface area contributed by atoms with E-state index in [2.05, 4.69) is 20.1 Å². The molecule has 14 heteroatoms. The van der Waals surface area contributed by atoms with Crippen molar-refractivity contribution in [3.05, 3.63) is 109 Å². The number of fused-ring (bicyclic) bond motifs is 1. The van der Waals surface area contributed by atoms with Crippen LogP contribution in [0.25, 0.3) is 22.2 Å². The highest BCUT2D eigenvalue weighted by atomic mass is 31.2. The molecule has 3 aromatic carbocycles. The highest BCUT2D eigenvalue weighted by Crippen LogP contribution is 2.39. The lowest BCUT2D eigenvalue weighted by Crippen LogP contribution is -2.47. The molecule has 5 aromatic rings. The van der Waals surface area contributed by atoms with Crippen LogP contribution < -0.4 is 20.6 Å². The molecular formula is C40H49N6O7P. The maximum atomic E-state index is 15.1. The minimum absolute atomic E-state index is 0.0954. The second kappa shape index (κ2) is 18.8. The van der Waals surface area contributed by atoms with Gasteiger partial charge in [-0.2, -0.15) is 0 Å². The number of ether oxygens (including phenoxy) is 4. The minimum atomic E-state index is -3.92. The predicted octanol–water partition coefficient (Wildman–Crippen LogP) is 6.16. The highest BCUT2D eigenvalue weighted by molar-refractivity contribution is 7.59. The van der Waals surface area contributed by atoms with E-state index in [9.17, 15) is 9.59 Å². The largest absolute Gasteiger partial charge is 0.497 e. The third-order valence-corrected chi connectivity index (χ3v) is 10.4. The third kappa shape index (κ3) is 11.0. The van der Waals surface area contributed by atoms with Gasteiger partial charge >= 0.3 is 11.9 Å². The van der Waals surface area contributed by atoms with Gasteiger partial charge in [0.15, 0.2) is 0 Å². The zero-order valence-electron chi connectivity index (χ0n) is 31.3. The van der Waals surface area contributed by atoms with Gasteiger partial charge in [0.25, 0.3) is 0 Å². The molecule has 54 heavy (non-hydrogen) atoms. The van der Waals surface area contributed by atoms with Crippen molar-refractivity contribution in [3.63, 3.8) is 0 Å². The number of carbonyl (C=O) groups is 2. The molecule has 13 nitrogen and oxygen atoms in total. The van der Waals surface area contributed by atoms with E-state index in [0.29, 0.717) is 29.1 Å². The average molecular weight is 757 g/mol. The molecule has 0 spiro atoms. The predicted molar refractivity (Wildman–Crippen MR) is 209 cm³/mol. The molecule has 2 heterocycles. The van der Waals surface area contributed by atoms with Crippen molar-refractivity contribution in [3.8, 4) is 16.9 Å². The van der Waals surface area contributed by atoms with E-state index in [1.807, 2.05) is 95.7 Å². The Bertz CT molecular complexity index is 1970. The van der Waals surface area contributed by atoms with Gasteiger partial charge in [-0.25, -0.2) is 20.1 Å². The molecule has 0 radical (unpaired) electrons. The van der Waals surface area contributed by atoms with Crippen molar-refractivity contribution >= 4 is 36.2 Å². The Labute approximate surface area is 316 Å². The first-order valence-electron chi connectivity index (χ1n) is 17.9. The number of carbonyl (C=O) groups excluding carboxylic acids is 2. The average Bonchev–Trinajstić information content (AvgIpc) is 3.53. The number of rotatable bonds is 19. The number of hydrogen-bond acceptors (Lipinski definition) is 10. The van der Waals surface area contributed by atoms with Crippen LogP contribution in [0.3, 0.4) is 0 Å². The van der Waals surface area contributed by atoms with Gasteiger partial charge in [0.2, 0.25) is 7.44 Å². The normalized spacial score (nSPS) is 12.9. The van der Waals surface area contributed by atoms with Crippen LogP contribution in [0.4, 0.5) is 5.82 Å². The number of anilines is 1. The van der Waals surface area contributed by atoms with Gasteiger partial charge in [-0.1, -0.05) is 72.8 Å². The van der Waals surface area contributed by atoms with Crippen molar-refractivity contribution in [2.24, 2.45) is 0 Å². The standard InChI is InChI=1S/C40H49N6O7P/c1-27(2)52-39(47)34(21-29-13-8-6-9-14-29)44-54(49,45-35(40(48)53-28(3)4)22-30-15-10-7-11-16-30)26-51-20-19-46-24-33(31-17-12-18-32(23-31)50-5)36-37(41)42-25-43-38(36)46/h6-18,23-25,27-28,34-35H,19-22,26H2,1-5H3,(H2,41,42,43)(H2,44,45,49)/t34-,35-/m0/s1. The number of nitrogens with one attached hydrogen (secondary N) is 2. The molecule has 0 unspecified atom stereocenters. The molecular weight excluding hydrogens is 707 g/mol. The number of methoxy groups -OCH3 is 1. The molecule has 0 saturated heterocycles. The van der Waals surface area contributed by atoms with Crippen LogP contribution in [0.2, 0.25) is 0 Å². The summed E-state index contributed by atoms with van der Waals surface area (Å²) in [6, 6.07) is 24.2. The molecule has 0 amide bonds. The van der Waals surface area contributed by atoms with Gasteiger partial charge in [-0.3, -0.25) is 14.2 Å². The molecule has 2 aromatic heterocycles. The van der Waals surface area contributed by atoms with Gasteiger partial charge in [0.1, 0.15) is 42.0 Å². The molecule has 4 N–H and O–H groups in total. The molecule has 0 fully saturated rings. The summed E-state index contributed by atoms with van der Waals surface area (Å²) in [7, 11) is -2.32. The maximum absolute atomic E-state index is 15.1. The van der Waals surface area contributed by atoms with Gasteiger partial charge in [-0.05, 0) is 69.4 Å². The first-order chi connectivity index (χ1) is 25.9. The quantitative estimate of drug-likeness (QED) is 0.0499. The Balaban J connectivity index is 1.43. The molecule has 286 valence electrons. The van der Waals surface area contributed by atoms with Crippen molar-refractivity contribution in [2.45, 2.75) is 71.4 Å². The molecule has 0 saturated carbocycles. The van der Waals surface area contributed by atoms with E-state index in [-0.39, 0.29) is 25.8 Å². The molecule has 5 rings (SSSR count).